The number of halogens is 2. The Morgan fingerprint density at radius 1 is 0.625 bits per heavy atom. The second kappa shape index (κ2) is 5.45. The van der Waals surface area contributed by atoms with Crippen LogP contribution in [0.2, 0.25) is 0 Å². The van der Waals surface area contributed by atoms with E-state index >= 15 is 0 Å². The van der Waals surface area contributed by atoms with Gasteiger partial charge >= 0.3 is 0 Å². The lowest BCUT2D eigenvalue weighted by Gasteiger charge is -2.62. The van der Waals surface area contributed by atoms with E-state index in [0.717, 1.165) is 11.8 Å². The van der Waals surface area contributed by atoms with Crippen molar-refractivity contribution in [1.82, 2.24) is 0 Å². The van der Waals surface area contributed by atoms with E-state index in [0.29, 0.717) is 10.8 Å². The Hall–Kier alpha value is -0.600. The minimum Gasteiger partial charge on any atom is -0.0574 e. The molecule has 0 aromatic heterocycles. The van der Waals surface area contributed by atoms with E-state index in [1.54, 1.807) is 11.1 Å². The van der Waals surface area contributed by atoms with Crippen molar-refractivity contribution >= 4 is 31.9 Å². The molecular formula is C22H22Br2. The molecule has 0 spiro atoms. The number of benzene rings is 2. The summed E-state index contributed by atoms with van der Waals surface area (Å²) in [6.45, 7) is 0. The normalized spacial score (nSPS) is 36.9. The Kier molecular flexibility index (Phi) is 3.55. The molecule has 0 radical (unpaired) electrons. The van der Waals surface area contributed by atoms with Gasteiger partial charge < -0.3 is 0 Å². The van der Waals surface area contributed by atoms with E-state index in [1.807, 2.05) is 0 Å². The summed E-state index contributed by atoms with van der Waals surface area (Å²) in [4.78, 5) is 0. The Balaban J connectivity index is 1.59. The van der Waals surface area contributed by atoms with Crippen molar-refractivity contribution in [2.24, 2.45) is 11.8 Å². The standard InChI is InChI=1S/C22H22Br2/c23-19-5-1-17(2-6-19)21-10-15-9-16(11-21)13-22(12-15,14-21)18-3-7-20(24)8-4-18/h1-8,15-16H,9-14H2. The molecule has 0 saturated heterocycles. The van der Waals surface area contributed by atoms with Crippen LogP contribution >= 0.6 is 31.9 Å². The molecular weight excluding hydrogens is 424 g/mol. The predicted molar refractivity (Wildman–Crippen MR) is 106 cm³/mol. The molecule has 4 aliphatic rings. The zero-order chi connectivity index (χ0) is 16.4. The average molecular weight is 446 g/mol. The third kappa shape index (κ3) is 2.36. The van der Waals surface area contributed by atoms with E-state index in [-0.39, 0.29) is 0 Å². The summed E-state index contributed by atoms with van der Waals surface area (Å²) < 4.78 is 2.39. The number of rotatable bonds is 2. The highest BCUT2D eigenvalue weighted by Crippen LogP contribution is 2.66. The summed E-state index contributed by atoms with van der Waals surface area (Å²) in [5.74, 6) is 1.83. The molecule has 0 nitrogen and oxygen atoms in total. The van der Waals surface area contributed by atoms with Gasteiger partial charge in [-0.25, -0.2) is 0 Å². The summed E-state index contributed by atoms with van der Waals surface area (Å²) in [6, 6.07) is 18.5. The Bertz CT molecular complexity index is 682. The molecule has 2 aromatic rings. The van der Waals surface area contributed by atoms with Crippen LogP contribution in [0.1, 0.15) is 49.7 Å². The highest BCUT2D eigenvalue weighted by molar-refractivity contribution is 9.10. The first-order valence-electron chi connectivity index (χ1n) is 9.09. The fourth-order valence-electron chi connectivity index (χ4n) is 6.54. The molecule has 0 aliphatic heterocycles. The van der Waals surface area contributed by atoms with Crippen LogP contribution in [-0.4, -0.2) is 0 Å². The summed E-state index contributed by atoms with van der Waals surface area (Å²) in [5.41, 5.74) is 4.00. The molecule has 0 heterocycles. The van der Waals surface area contributed by atoms with Gasteiger partial charge in [-0.05, 0) is 96.6 Å². The maximum Gasteiger partial charge on any atom is 0.0175 e. The molecule has 2 heteroatoms. The minimum atomic E-state index is 0.415. The van der Waals surface area contributed by atoms with E-state index in [9.17, 15) is 0 Å². The predicted octanol–water partition coefficient (Wildman–Crippen LogP) is 7.00. The molecule has 4 bridgehead atoms. The van der Waals surface area contributed by atoms with E-state index in [4.69, 9.17) is 0 Å². The Labute approximate surface area is 161 Å². The van der Waals surface area contributed by atoms with Gasteiger partial charge in [0.05, 0.1) is 0 Å². The number of hydrogen-bond donors (Lipinski definition) is 0. The average Bonchev–Trinajstić information content (AvgIpc) is 2.54. The topological polar surface area (TPSA) is 0 Å². The summed E-state index contributed by atoms with van der Waals surface area (Å²) in [5, 5.41) is 0. The van der Waals surface area contributed by atoms with Crippen LogP contribution in [0.15, 0.2) is 57.5 Å². The lowest BCUT2D eigenvalue weighted by atomic mass is 9.42. The van der Waals surface area contributed by atoms with Crippen LogP contribution < -0.4 is 0 Å². The second-order valence-corrected chi connectivity index (χ2v) is 10.4. The molecule has 0 unspecified atom stereocenters. The van der Waals surface area contributed by atoms with Gasteiger partial charge in [-0.2, -0.15) is 0 Å². The molecule has 4 saturated carbocycles. The summed E-state index contributed by atoms with van der Waals surface area (Å²) in [7, 11) is 0. The van der Waals surface area contributed by atoms with Crippen molar-refractivity contribution in [2.45, 2.75) is 49.4 Å². The van der Waals surface area contributed by atoms with Crippen LogP contribution in [0.3, 0.4) is 0 Å². The van der Waals surface area contributed by atoms with Crippen molar-refractivity contribution in [3.63, 3.8) is 0 Å². The van der Waals surface area contributed by atoms with Crippen LogP contribution in [-0.2, 0) is 10.8 Å². The van der Waals surface area contributed by atoms with Crippen molar-refractivity contribution in [1.29, 1.82) is 0 Å². The third-order valence-electron chi connectivity index (χ3n) is 6.97. The molecule has 4 fully saturated rings. The molecule has 0 amide bonds. The van der Waals surface area contributed by atoms with Crippen LogP contribution in [0.4, 0.5) is 0 Å². The van der Waals surface area contributed by atoms with E-state index < -0.39 is 0 Å². The van der Waals surface area contributed by atoms with E-state index in [2.05, 4.69) is 80.4 Å². The fraction of sp³-hybridized carbons (Fsp3) is 0.455. The first-order valence-corrected chi connectivity index (χ1v) is 10.7. The second-order valence-electron chi connectivity index (χ2n) is 8.54. The number of hydrogen-bond acceptors (Lipinski definition) is 0. The van der Waals surface area contributed by atoms with Gasteiger partial charge in [0.1, 0.15) is 0 Å². The third-order valence-corrected chi connectivity index (χ3v) is 8.03. The maximum absolute atomic E-state index is 3.61. The van der Waals surface area contributed by atoms with Crippen LogP contribution in [0.5, 0.6) is 0 Å². The van der Waals surface area contributed by atoms with Crippen LogP contribution in [0, 0.1) is 11.8 Å². The summed E-state index contributed by atoms with van der Waals surface area (Å²) >= 11 is 7.21. The quantitative estimate of drug-likeness (QED) is 0.466. The van der Waals surface area contributed by atoms with Gasteiger partial charge in [0.25, 0.3) is 0 Å². The Morgan fingerprint density at radius 2 is 1.00 bits per heavy atom. The van der Waals surface area contributed by atoms with Gasteiger partial charge in [-0.15, -0.1) is 0 Å². The van der Waals surface area contributed by atoms with Gasteiger partial charge in [-0.3, -0.25) is 0 Å². The van der Waals surface area contributed by atoms with Crippen LogP contribution in [0.25, 0.3) is 0 Å². The molecule has 6 rings (SSSR count). The zero-order valence-corrected chi connectivity index (χ0v) is 16.9. The minimum absolute atomic E-state index is 0.415. The smallest absolute Gasteiger partial charge is 0.0175 e. The van der Waals surface area contributed by atoms with Crippen molar-refractivity contribution in [3.8, 4) is 0 Å². The largest absolute Gasteiger partial charge is 0.0574 e. The van der Waals surface area contributed by atoms with Crippen molar-refractivity contribution in [2.75, 3.05) is 0 Å². The van der Waals surface area contributed by atoms with Crippen molar-refractivity contribution in [3.05, 3.63) is 68.6 Å². The van der Waals surface area contributed by atoms with Gasteiger partial charge in [0.15, 0.2) is 0 Å². The van der Waals surface area contributed by atoms with Gasteiger partial charge in [0.2, 0.25) is 0 Å². The highest BCUT2D eigenvalue weighted by Gasteiger charge is 2.58. The molecule has 124 valence electrons. The monoisotopic (exact) mass is 444 g/mol. The summed E-state index contributed by atoms with van der Waals surface area (Å²) in [6.07, 6.45) is 8.44. The molecule has 24 heavy (non-hydrogen) atoms. The Morgan fingerprint density at radius 3 is 1.38 bits per heavy atom. The zero-order valence-electron chi connectivity index (χ0n) is 13.8. The van der Waals surface area contributed by atoms with E-state index in [1.165, 1.54) is 47.5 Å². The SMILES string of the molecule is Brc1ccc(C23CC4CC(C2)CC(c2ccc(Br)cc2)(C4)C3)cc1. The van der Waals surface area contributed by atoms with Crippen molar-refractivity contribution < 1.29 is 0 Å². The highest BCUT2D eigenvalue weighted by atomic mass is 79.9. The fourth-order valence-corrected chi connectivity index (χ4v) is 7.07. The maximum atomic E-state index is 3.61. The van der Waals surface area contributed by atoms with Gasteiger partial charge in [-0.1, -0.05) is 56.1 Å². The molecule has 2 aromatic carbocycles. The lowest BCUT2D eigenvalue weighted by Crippen LogP contribution is -2.55. The first-order chi connectivity index (χ1) is 11.6. The molecule has 4 aliphatic carbocycles. The molecule has 0 N–H and O–H groups in total. The molecule has 0 atom stereocenters. The first kappa shape index (κ1) is 15.6. The van der Waals surface area contributed by atoms with Gasteiger partial charge in [0, 0.05) is 8.95 Å². The lowest BCUT2D eigenvalue weighted by molar-refractivity contribution is -0.0281.